The summed E-state index contributed by atoms with van der Waals surface area (Å²) < 4.78 is 0. The summed E-state index contributed by atoms with van der Waals surface area (Å²) in [7, 11) is 1.73. The molecule has 1 aromatic heterocycles. The third kappa shape index (κ3) is 8.57. The fraction of sp³-hybridized carbons (Fsp3) is 0.500. The molecule has 9 heteroatoms. The van der Waals surface area contributed by atoms with Crippen molar-refractivity contribution >= 4 is 29.4 Å². The molecule has 1 heterocycles. The van der Waals surface area contributed by atoms with Crippen molar-refractivity contribution in [2.24, 2.45) is 10.7 Å². The smallest absolute Gasteiger partial charge is 0.229 e. The molecule has 0 atom stereocenters. The molecule has 1 aromatic carbocycles. The number of aromatic nitrogens is 3. The minimum absolute atomic E-state index is 0.186. The van der Waals surface area contributed by atoms with Crippen LogP contribution in [0.4, 0.5) is 17.8 Å². The van der Waals surface area contributed by atoms with Crippen molar-refractivity contribution in [3.63, 3.8) is 0 Å². The van der Waals surface area contributed by atoms with Crippen molar-refractivity contribution in [1.29, 1.82) is 5.41 Å². The molecular weight excluding hydrogens is 390 g/mol. The summed E-state index contributed by atoms with van der Waals surface area (Å²) in [5.74, 6) is 1.67. The monoisotopic (exact) mass is 425 g/mol. The van der Waals surface area contributed by atoms with Crippen LogP contribution in [0.2, 0.25) is 0 Å². The van der Waals surface area contributed by atoms with E-state index >= 15 is 0 Å². The zero-order chi connectivity index (χ0) is 22.5. The average molecular weight is 426 g/mol. The van der Waals surface area contributed by atoms with Crippen LogP contribution < -0.4 is 22.1 Å². The summed E-state index contributed by atoms with van der Waals surface area (Å²) in [6.07, 6.45) is 7.06. The first kappa shape index (κ1) is 24.0. The molecule has 9 nitrogen and oxygen atoms in total. The van der Waals surface area contributed by atoms with Crippen LogP contribution in [0.15, 0.2) is 29.3 Å². The third-order valence-corrected chi connectivity index (χ3v) is 4.84. The van der Waals surface area contributed by atoms with Gasteiger partial charge in [0.15, 0.2) is 0 Å². The van der Waals surface area contributed by atoms with Gasteiger partial charge >= 0.3 is 0 Å². The van der Waals surface area contributed by atoms with Gasteiger partial charge in [-0.05, 0) is 31.2 Å². The molecule has 2 aromatic rings. The summed E-state index contributed by atoms with van der Waals surface area (Å²) >= 11 is 0. The molecule has 0 aliphatic heterocycles. The van der Waals surface area contributed by atoms with Gasteiger partial charge in [0.2, 0.25) is 17.8 Å². The van der Waals surface area contributed by atoms with Gasteiger partial charge < -0.3 is 27.5 Å². The SMILES string of the molecule is CCCCCN=C(N)c1ccc(C(=N)CCCCCNc2nc(N)nc(NC)n2)cc1. The number of hydrogen-bond acceptors (Lipinski definition) is 8. The van der Waals surface area contributed by atoms with Crippen LogP contribution in [-0.2, 0) is 0 Å². The number of nitrogens with zero attached hydrogens (tertiary/aromatic N) is 4. The lowest BCUT2D eigenvalue weighted by Crippen LogP contribution is -2.14. The Kier molecular flexibility index (Phi) is 10.2. The Morgan fingerprint density at radius 2 is 1.68 bits per heavy atom. The molecule has 0 spiro atoms. The largest absolute Gasteiger partial charge is 0.384 e. The first-order chi connectivity index (χ1) is 15.0. The van der Waals surface area contributed by atoms with E-state index in [0.29, 0.717) is 23.4 Å². The lowest BCUT2D eigenvalue weighted by molar-refractivity contribution is 0.715. The van der Waals surface area contributed by atoms with Gasteiger partial charge in [-0.2, -0.15) is 15.0 Å². The van der Waals surface area contributed by atoms with Gasteiger partial charge in [-0.3, -0.25) is 4.99 Å². The van der Waals surface area contributed by atoms with Crippen molar-refractivity contribution in [1.82, 2.24) is 15.0 Å². The number of anilines is 3. The molecule has 0 bridgehead atoms. The van der Waals surface area contributed by atoms with Gasteiger partial charge in [-0.1, -0.05) is 50.5 Å². The first-order valence-corrected chi connectivity index (χ1v) is 10.9. The average Bonchev–Trinajstić information content (AvgIpc) is 2.78. The van der Waals surface area contributed by atoms with E-state index in [1.165, 1.54) is 12.8 Å². The first-order valence-electron chi connectivity index (χ1n) is 10.9. The summed E-state index contributed by atoms with van der Waals surface area (Å²) in [5.41, 5.74) is 14.2. The van der Waals surface area contributed by atoms with E-state index in [1.807, 2.05) is 24.3 Å². The maximum atomic E-state index is 8.32. The Bertz CT molecular complexity index is 847. The van der Waals surface area contributed by atoms with Crippen LogP contribution in [0.3, 0.4) is 0 Å². The molecule has 0 saturated carbocycles. The highest BCUT2D eigenvalue weighted by Gasteiger charge is 2.05. The maximum absolute atomic E-state index is 8.32. The molecule has 168 valence electrons. The summed E-state index contributed by atoms with van der Waals surface area (Å²) in [6, 6.07) is 7.81. The number of rotatable bonds is 14. The van der Waals surface area contributed by atoms with Crippen LogP contribution >= 0.6 is 0 Å². The predicted octanol–water partition coefficient (Wildman–Crippen LogP) is 3.43. The van der Waals surface area contributed by atoms with Crippen molar-refractivity contribution in [3.8, 4) is 0 Å². The lowest BCUT2D eigenvalue weighted by atomic mass is 10.0. The Morgan fingerprint density at radius 3 is 2.39 bits per heavy atom. The Balaban J connectivity index is 1.68. The molecule has 0 radical (unpaired) electrons. The normalized spacial score (nSPS) is 11.4. The van der Waals surface area contributed by atoms with Crippen LogP contribution in [0, 0.1) is 5.41 Å². The quantitative estimate of drug-likeness (QED) is 0.177. The molecule has 0 aliphatic carbocycles. The van der Waals surface area contributed by atoms with E-state index in [9.17, 15) is 0 Å². The zero-order valence-corrected chi connectivity index (χ0v) is 18.6. The molecule has 0 saturated heterocycles. The Labute approximate surface area is 184 Å². The number of benzene rings is 1. The Hall–Kier alpha value is -3.23. The van der Waals surface area contributed by atoms with E-state index in [4.69, 9.17) is 16.9 Å². The number of nitrogen functional groups attached to an aromatic ring is 1. The summed E-state index contributed by atoms with van der Waals surface area (Å²) in [5, 5.41) is 14.3. The van der Waals surface area contributed by atoms with Gasteiger partial charge in [0.05, 0.1) is 0 Å². The van der Waals surface area contributed by atoms with Gasteiger partial charge in [0.1, 0.15) is 5.84 Å². The molecule has 2 rings (SSSR count). The topological polar surface area (TPSA) is 151 Å². The number of unbranched alkanes of at least 4 members (excludes halogenated alkanes) is 4. The van der Waals surface area contributed by atoms with E-state index in [2.05, 4.69) is 37.5 Å². The second-order valence-electron chi connectivity index (χ2n) is 7.36. The second kappa shape index (κ2) is 13.1. The standard InChI is InChI=1S/C22H35N9/c1-3-4-7-14-27-19(24)17-12-10-16(11-13-17)18(23)9-6-5-8-15-28-22-30-20(25)29-21(26-2)31-22/h10-13,23H,3-9,14-15H2,1-2H3,(H2,24,27)(H4,25,26,28,29,30,31). The summed E-state index contributed by atoms with van der Waals surface area (Å²) in [6.45, 7) is 3.68. The predicted molar refractivity (Wildman–Crippen MR) is 129 cm³/mol. The van der Waals surface area contributed by atoms with Crippen LogP contribution in [0.1, 0.15) is 63.0 Å². The fourth-order valence-electron chi connectivity index (χ4n) is 3.03. The van der Waals surface area contributed by atoms with E-state index < -0.39 is 0 Å². The van der Waals surface area contributed by atoms with Gasteiger partial charge in [-0.25, -0.2) is 0 Å². The fourth-order valence-corrected chi connectivity index (χ4v) is 3.03. The molecule has 31 heavy (non-hydrogen) atoms. The van der Waals surface area contributed by atoms with Crippen LogP contribution in [-0.4, -0.2) is 46.6 Å². The van der Waals surface area contributed by atoms with E-state index in [-0.39, 0.29) is 5.95 Å². The van der Waals surface area contributed by atoms with Crippen LogP contribution in [0.25, 0.3) is 0 Å². The van der Waals surface area contributed by atoms with E-state index in [0.717, 1.165) is 56.3 Å². The maximum Gasteiger partial charge on any atom is 0.229 e. The second-order valence-corrected chi connectivity index (χ2v) is 7.36. The van der Waals surface area contributed by atoms with Gasteiger partial charge in [-0.15, -0.1) is 0 Å². The minimum Gasteiger partial charge on any atom is -0.384 e. The van der Waals surface area contributed by atoms with E-state index in [1.54, 1.807) is 7.05 Å². The highest BCUT2D eigenvalue weighted by atomic mass is 15.2. The van der Waals surface area contributed by atoms with Gasteiger partial charge in [0.25, 0.3) is 0 Å². The van der Waals surface area contributed by atoms with Crippen molar-refractivity contribution in [2.75, 3.05) is 36.5 Å². The molecule has 0 amide bonds. The zero-order valence-electron chi connectivity index (χ0n) is 18.6. The van der Waals surface area contributed by atoms with Crippen LogP contribution in [0.5, 0.6) is 0 Å². The number of amidine groups is 1. The van der Waals surface area contributed by atoms with Crippen molar-refractivity contribution in [3.05, 3.63) is 35.4 Å². The van der Waals surface area contributed by atoms with Crippen molar-refractivity contribution < 1.29 is 0 Å². The Morgan fingerprint density at radius 1 is 0.968 bits per heavy atom. The number of nitrogens with two attached hydrogens (primary N) is 2. The van der Waals surface area contributed by atoms with Gasteiger partial charge in [0, 0.05) is 31.4 Å². The number of hydrogen-bond donors (Lipinski definition) is 5. The highest BCUT2D eigenvalue weighted by Crippen LogP contribution is 2.11. The number of nitrogens with one attached hydrogen (secondary N) is 3. The molecule has 0 aliphatic rings. The third-order valence-electron chi connectivity index (χ3n) is 4.84. The van der Waals surface area contributed by atoms with Crippen molar-refractivity contribution in [2.45, 2.75) is 51.9 Å². The minimum atomic E-state index is 0.186. The molecular formula is C22H35N9. The highest BCUT2D eigenvalue weighted by molar-refractivity contribution is 6.01. The summed E-state index contributed by atoms with van der Waals surface area (Å²) in [4.78, 5) is 16.7. The molecule has 7 N–H and O–H groups in total. The molecule has 0 fully saturated rings. The number of aliphatic imine (C=N–C) groups is 1. The molecule has 0 unspecified atom stereocenters. The lowest BCUT2D eigenvalue weighted by Gasteiger charge is -2.08.